The normalized spacial score (nSPS) is 24.7. The second-order valence-electron chi connectivity index (χ2n) is 5.25. The number of quaternary nitrogens is 1. The molecule has 1 fully saturated rings. The van der Waals surface area contributed by atoms with Crippen LogP contribution in [0.1, 0.15) is 33.6 Å². The van der Waals surface area contributed by atoms with E-state index in [2.05, 4.69) is 20.8 Å². The van der Waals surface area contributed by atoms with Gasteiger partial charge in [-0.15, -0.1) is 0 Å². The standard InChI is InChI=1S/C11H19NO4/c1-11(2,3)12-6-8(7-12)16-10(15)5-4-9(13)14/h8H,4-7H2,1-3H3,(H,13,14). The smallest absolute Gasteiger partial charge is 0.306 e. The van der Waals surface area contributed by atoms with Crippen molar-refractivity contribution in [1.29, 1.82) is 0 Å². The third-order valence-electron chi connectivity index (χ3n) is 2.84. The molecule has 1 heterocycles. The molecule has 5 nitrogen and oxygen atoms in total. The average Bonchev–Trinajstić information content (AvgIpc) is 2.04. The molecule has 1 saturated heterocycles. The second-order valence-corrected chi connectivity index (χ2v) is 5.25. The molecule has 92 valence electrons. The number of rotatable bonds is 4. The summed E-state index contributed by atoms with van der Waals surface area (Å²) in [4.78, 5) is 22.7. The van der Waals surface area contributed by atoms with E-state index >= 15 is 0 Å². The molecule has 1 aliphatic heterocycles. The number of carboxylic acid groups (broad SMARTS) is 1. The molecular weight excluding hydrogens is 210 g/mol. The highest BCUT2D eigenvalue weighted by molar-refractivity contribution is 5.75. The first-order valence-electron chi connectivity index (χ1n) is 5.53. The summed E-state index contributed by atoms with van der Waals surface area (Å²) in [5.41, 5.74) is 0.174. The van der Waals surface area contributed by atoms with Crippen molar-refractivity contribution < 1.29 is 24.3 Å². The predicted octanol–water partition coefficient (Wildman–Crippen LogP) is -1.87. The minimum atomic E-state index is -1.22. The van der Waals surface area contributed by atoms with Gasteiger partial charge in [0.05, 0.1) is 12.0 Å². The number of aliphatic carboxylic acids is 1. The van der Waals surface area contributed by atoms with E-state index in [0.29, 0.717) is 0 Å². The quantitative estimate of drug-likeness (QED) is 0.573. The molecule has 1 aliphatic rings. The summed E-state index contributed by atoms with van der Waals surface area (Å²) in [6.07, 6.45) is -0.408. The molecule has 0 atom stereocenters. The molecule has 0 unspecified atom stereocenters. The van der Waals surface area contributed by atoms with Crippen LogP contribution in [0.3, 0.4) is 0 Å². The predicted molar refractivity (Wildman–Crippen MR) is 54.6 cm³/mol. The van der Waals surface area contributed by atoms with Crippen molar-refractivity contribution in [2.75, 3.05) is 13.1 Å². The van der Waals surface area contributed by atoms with E-state index in [1.54, 1.807) is 0 Å². The van der Waals surface area contributed by atoms with E-state index in [9.17, 15) is 14.7 Å². The molecule has 1 N–H and O–H groups in total. The molecule has 0 spiro atoms. The van der Waals surface area contributed by atoms with Crippen LogP contribution >= 0.6 is 0 Å². The van der Waals surface area contributed by atoms with Gasteiger partial charge in [-0.05, 0) is 27.2 Å². The first kappa shape index (κ1) is 13.0. The Morgan fingerprint density at radius 1 is 1.31 bits per heavy atom. The van der Waals surface area contributed by atoms with Crippen molar-refractivity contribution in [1.82, 2.24) is 0 Å². The minimum Gasteiger partial charge on any atom is -0.550 e. The SMILES string of the molecule is CC(C)(C)[NH+]1CC(OC(=O)CCC(=O)[O-])C1. The van der Waals surface area contributed by atoms with Gasteiger partial charge in [0, 0.05) is 5.97 Å². The molecule has 0 aliphatic carbocycles. The fraction of sp³-hybridized carbons (Fsp3) is 0.818. The van der Waals surface area contributed by atoms with E-state index < -0.39 is 11.9 Å². The zero-order valence-corrected chi connectivity index (χ0v) is 10.0. The number of hydrogen-bond acceptors (Lipinski definition) is 4. The van der Waals surface area contributed by atoms with Crippen molar-refractivity contribution in [3.05, 3.63) is 0 Å². The molecule has 0 amide bonds. The fourth-order valence-corrected chi connectivity index (χ4v) is 1.63. The summed E-state index contributed by atoms with van der Waals surface area (Å²) in [6.45, 7) is 8.02. The van der Waals surface area contributed by atoms with E-state index in [0.717, 1.165) is 13.1 Å². The second kappa shape index (κ2) is 4.82. The van der Waals surface area contributed by atoms with Crippen molar-refractivity contribution in [2.24, 2.45) is 0 Å². The number of carbonyl (C=O) groups is 2. The van der Waals surface area contributed by atoms with Crippen LogP contribution in [0.25, 0.3) is 0 Å². The van der Waals surface area contributed by atoms with Crippen LogP contribution in [-0.2, 0) is 14.3 Å². The average molecular weight is 229 g/mol. The molecule has 16 heavy (non-hydrogen) atoms. The molecular formula is C11H19NO4. The van der Waals surface area contributed by atoms with Gasteiger partial charge >= 0.3 is 5.97 Å². The van der Waals surface area contributed by atoms with Gasteiger partial charge in [-0.25, -0.2) is 0 Å². The van der Waals surface area contributed by atoms with Gasteiger partial charge < -0.3 is 19.5 Å². The van der Waals surface area contributed by atoms with Crippen LogP contribution in [0.4, 0.5) is 0 Å². The molecule has 1 rings (SSSR count). The van der Waals surface area contributed by atoms with E-state index in [4.69, 9.17) is 4.74 Å². The summed E-state index contributed by atoms with van der Waals surface area (Å²) in [5.74, 6) is -1.66. The summed E-state index contributed by atoms with van der Waals surface area (Å²) < 4.78 is 5.11. The van der Waals surface area contributed by atoms with Crippen molar-refractivity contribution in [3.8, 4) is 0 Å². The van der Waals surface area contributed by atoms with Crippen LogP contribution in [-0.4, -0.2) is 36.7 Å². The van der Waals surface area contributed by atoms with Gasteiger partial charge in [0.1, 0.15) is 13.1 Å². The Hall–Kier alpha value is -1.10. The van der Waals surface area contributed by atoms with Gasteiger partial charge in [0.15, 0.2) is 6.10 Å². The maximum Gasteiger partial charge on any atom is 0.306 e. The maximum absolute atomic E-state index is 11.2. The number of carboxylic acids is 1. The lowest BCUT2D eigenvalue weighted by atomic mass is 9.99. The number of nitrogens with one attached hydrogen (secondary N) is 1. The van der Waals surface area contributed by atoms with E-state index in [1.807, 2.05) is 0 Å². The van der Waals surface area contributed by atoms with Gasteiger partial charge in [-0.3, -0.25) is 4.79 Å². The molecule has 0 radical (unpaired) electrons. The van der Waals surface area contributed by atoms with Gasteiger partial charge in [-0.2, -0.15) is 0 Å². The van der Waals surface area contributed by atoms with Crippen LogP contribution in [0.2, 0.25) is 0 Å². The third-order valence-corrected chi connectivity index (χ3v) is 2.84. The number of likely N-dealkylation sites (tertiary alicyclic amines) is 1. The van der Waals surface area contributed by atoms with Gasteiger partial charge in [-0.1, -0.05) is 0 Å². The highest BCUT2D eigenvalue weighted by atomic mass is 16.5. The van der Waals surface area contributed by atoms with E-state index in [1.165, 1.54) is 4.90 Å². The van der Waals surface area contributed by atoms with Crippen LogP contribution in [0, 0.1) is 0 Å². The minimum absolute atomic E-state index is 0.0523. The number of esters is 1. The Morgan fingerprint density at radius 2 is 1.88 bits per heavy atom. The van der Waals surface area contributed by atoms with Crippen molar-refractivity contribution in [3.63, 3.8) is 0 Å². The molecule has 5 heteroatoms. The Balaban J connectivity index is 2.17. The molecule has 0 saturated carbocycles. The molecule has 0 aromatic carbocycles. The zero-order valence-electron chi connectivity index (χ0n) is 10.0. The largest absolute Gasteiger partial charge is 0.550 e. The maximum atomic E-state index is 11.2. The van der Waals surface area contributed by atoms with Crippen molar-refractivity contribution >= 4 is 11.9 Å². The summed E-state index contributed by atoms with van der Waals surface area (Å²) in [6, 6.07) is 0. The molecule has 0 aromatic rings. The first-order valence-corrected chi connectivity index (χ1v) is 5.53. The first-order chi connectivity index (χ1) is 7.29. The number of ether oxygens (including phenoxy) is 1. The Kier molecular flexibility index (Phi) is 3.91. The lowest BCUT2D eigenvalue weighted by Gasteiger charge is -2.42. The Bertz CT molecular complexity index is 276. The van der Waals surface area contributed by atoms with Crippen LogP contribution in [0.15, 0.2) is 0 Å². The molecule has 0 aromatic heterocycles. The van der Waals surface area contributed by atoms with Gasteiger partial charge in [0.25, 0.3) is 0 Å². The topological polar surface area (TPSA) is 70.9 Å². The monoisotopic (exact) mass is 229 g/mol. The molecule has 0 bridgehead atoms. The van der Waals surface area contributed by atoms with Gasteiger partial charge in [0.2, 0.25) is 0 Å². The lowest BCUT2D eigenvalue weighted by molar-refractivity contribution is -0.990. The Labute approximate surface area is 95.4 Å². The zero-order chi connectivity index (χ0) is 12.3. The van der Waals surface area contributed by atoms with Crippen molar-refractivity contribution in [2.45, 2.75) is 45.3 Å². The third kappa shape index (κ3) is 3.81. The van der Waals surface area contributed by atoms with Crippen LogP contribution < -0.4 is 10.0 Å². The highest BCUT2D eigenvalue weighted by Crippen LogP contribution is 2.04. The number of carbonyl (C=O) groups excluding carboxylic acids is 2. The number of hydrogen-bond donors (Lipinski definition) is 1. The highest BCUT2D eigenvalue weighted by Gasteiger charge is 2.41. The summed E-state index contributed by atoms with van der Waals surface area (Å²) in [7, 11) is 0. The Morgan fingerprint density at radius 3 is 2.31 bits per heavy atom. The fourth-order valence-electron chi connectivity index (χ4n) is 1.63. The summed E-state index contributed by atoms with van der Waals surface area (Å²) in [5, 5.41) is 10.1. The lowest BCUT2D eigenvalue weighted by Crippen LogP contribution is -3.27. The summed E-state index contributed by atoms with van der Waals surface area (Å²) >= 11 is 0. The van der Waals surface area contributed by atoms with Crippen LogP contribution in [0.5, 0.6) is 0 Å². The van der Waals surface area contributed by atoms with E-state index in [-0.39, 0.29) is 24.5 Å².